The van der Waals surface area contributed by atoms with Crippen LogP contribution in [0.3, 0.4) is 0 Å². The summed E-state index contributed by atoms with van der Waals surface area (Å²) in [4.78, 5) is 15.5. The zero-order valence-electron chi connectivity index (χ0n) is 16.7. The Balaban J connectivity index is 1.25. The fraction of sp³-hybridized carbons (Fsp3) is 0.174. The quantitative estimate of drug-likeness (QED) is 0.391. The lowest BCUT2D eigenvalue weighted by Crippen LogP contribution is -2.25. The molecule has 2 aromatic heterocycles. The maximum absolute atomic E-state index is 12.3. The van der Waals surface area contributed by atoms with Crippen LogP contribution in [0.15, 0.2) is 71.3 Å². The van der Waals surface area contributed by atoms with E-state index in [1.54, 1.807) is 12.1 Å². The largest absolute Gasteiger partial charge is 0.573 e. The van der Waals surface area contributed by atoms with Crippen molar-refractivity contribution in [1.29, 1.82) is 0 Å². The van der Waals surface area contributed by atoms with E-state index in [-0.39, 0.29) is 24.0 Å². The first-order valence-corrected chi connectivity index (χ1v) is 9.78. The molecule has 2 heterocycles. The number of carbonyl (C=O) groups excluding carboxylic acids is 1. The Morgan fingerprint density at radius 3 is 2.53 bits per heavy atom. The van der Waals surface area contributed by atoms with Gasteiger partial charge >= 0.3 is 6.36 Å². The van der Waals surface area contributed by atoms with Gasteiger partial charge in [-0.1, -0.05) is 18.2 Å². The van der Waals surface area contributed by atoms with Crippen molar-refractivity contribution in [1.82, 2.24) is 10.3 Å². The number of rotatable bonds is 8. The van der Waals surface area contributed by atoms with Gasteiger partial charge in [0.2, 0.25) is 0 Å². The first kappa shape index (κ1) is 21.4. The number of fused-ring (bicyclic) bond motifs is 1. The number of carbonyl (C=O) groups is 1. The highest BCUT2D eigenvalue weighted by atomic mass is 19.4. The third-order valence-corrected chi connectivity index (χ3v) is 4.68. The third kappa shape index (κ3) is 5.42. The Hall–Kier alpha value is -3.88. The summed E-state index contributed by atoms with van der Waals surface area (Å²) >= 11 is 0. The van der Waals surface area contributed by atoms with E-state index in [9.17, 15) is 18.0 Å². The van der Waals surface area contributed by atoms with Crippen molar-refractivity contribution in [2.75, 3.05) is 6.54 Å². The fourth-order valence-corrected chi connectivity index (χ4v) is 3.21. The molecule has 0 bridgehead atoms. The van der Waals surface area contributed by atoms with Gasteiger partial charge in [-0.3, -0.25) is 4.79 Å². The van der Waals surface area contributed by atoms with Gasteiger partial charge < -0.3 is 24.2 Å². The summed E-state index contributed by atoms with van der Waals surface area (Å²) in [6.07, 6.45) is -2.15. The number of H-pyrrole nitrogens is 1. The number of hydrogen-bond donors (Lipinski definition) is 2. The molecule has 0 spiro atoms. The van der Waals surface area contributed by atoms with E-state index in [1.165, 1.54) is 12.1 Å². The number of aromatic nitrogens is 1. The van der Waals surface area contributed by atoms with E-state index in [4.69, 9.17) is 9.15 Å². The summed E-state index contributed by atoms with van der Waals surface area (Å²) in [5, 5.41) is 3.94. The van der Waals surface area contributed by atoms with Crippen LogP contribution in [-0.4, -0.2) is 23.8 Å². The molecule has 0 aliphatic rings. The average Bonchev–Trinajstić information content (AvgIpc) is 3.40. The third-order valence-electron chi connectivity index (χ3n) is 4.68. The Kier molecular flexibility index (Phi) is 6.07. The minimum atomic E-state index is -4.75. The second kappa shape index (κ2) is 9.09. The molecule has 0 saturated carbocycles. The van der Waals surface area contributed by atoms with Crippen molar-refractivity contribution < 1.29 is 31.9 Å². The van der Waals surface area contributed by atoms with Gasteiger partial charge in [-0.15, -0.1) is 13.2 Å². The minimum Gasteiger partial charge on any atom is -0.486 e. The maximum atomic E-state index is 12.3. The number of benzene rings is 2. The number of nitrogens with one attached hydrogen (secondary N) is 2. The molecule has 0 unspecified atom stereocenters. The lowest BCUT2D eigenvalue weighted by Gasteiger charge is -2.09. The standard InChI is InChI=1S/C23H19F3N2O4/c24-23(25,26)32-17-7-5-16(6-8-17)30-14-18-9-10-21(31-18)22(29)27-12-11-15-13-28-20-4-2-1-3-19(15)20/h1-10,13,28H,11-12,14H2,(H,27,29). The molecule has 1 amide bonds. The van der Waals surface area contributed by atoms with E-state index in [2.05, 4.69) is 15.0 Å². The first-order chi connectivity index (χ1) is 15.4. The highest BCUT2D eigenvalue weighted by Gasteiger charge is 2.31. The van der Waals surface area contributed by atoms with Crippen LogP contribution in [0.4, 0.5) is 13.2 Å². The predicted octanol–water partition coefficient (Wildman–Crippen LogP) is 5.21. The molecule has 166 valence electrons. The zero-order chi connectivity index (χ0) is 22.6. The van der Waals surface area contributed by atoms with E-state index in [0.29, 0.717) is 24.5 Å². The van der Waals surface area contributed by atoms with Crippen LogP contribution in [0.5, 0.6) is 11.5 Å². The Morgan fingerprint density at radius 2 is 1.75 bits per heavy atom. The molecular formula is C23H19F3N2O4. The molecule has 0 radical (unpaired) electrons. The van der Waals surface area contributed by atoms with Gasteiger partial charge in [-0.05, 0) is 54.4 Å². The summed E-state index contributed by atoms with van der Waals surface area (Å²) in [6, 6.07) is 16.1. The number of halogens is 3. The molecule has 0 atom stereocenters. The molecule has 2 N–H and O–H groups in total. The normalized spacial score (nSPS) is 11.5. The van der Waals surface area contributed by atoms with Crippen LogP contribution in [0.25, 0.3) is 10.9 Å². The van der Waals surface area contributed by atoms with Crippen LogP contribution >= 0.6 is 0 Å². The fourth-order valence-electron chi connectivity index (χ4n) is 3.21. The van der Waals surface area contributed by atoms with Gasteiger partial charge in [0.1, 0.15) is 23.9 Å². The van der Waals surface area contributed by atoms with Crippen LogP contribution in [0, 0.1) is 0 Å². The van der Waals surface area contributed by atoms with Crippen molar-refractivity contribution in [2.24, 2.45) is 0 Å². The maximum Gasteiger partial charge on any atom is 0.573 e. The molecule has 0 aliphatic carbocycles. The Bertz CT molecular complexity index is 1200. The van der Waals surface area contributed by atoms with Crippen molar-refractivity contribution >= 4 is 16.8 Å². The lowest BCUT2D eigenvalue weighted by molar-refractivity contribution is -0.274. The number of amides is 1. The summed E-state index contributed by atoms with van der Waals surface area (Å²) in [5.74, 6) is 0.207. The summed E-state index contributed by atoms with van der Waals surface area (Å²) in [5.41, 5.74) is 2.16. The van der Waals surface area contributed by atoms with Crippen molar-refractivity contribution in [3.05, 3.63) is 83.9 Å². The number of hydrogen-bond acceptors (Lipinski definition) is 4. The second-order valence-electron chi connectivity index (χ2n) is 6.94. The van der Waals surface area contributed by atoms with Crippen LogP contribution in [0.1, 0.15) is 21.9 Å². The topological polar surface area (TPSA) is 76.5 Å². The lowest BCUT2D eigenvalue weighted by atomic mass is 10.1. The van der Waals surface area contributed by atoms with Crippen molar-refractivity contribution in [3.8, 4) is 11.5 Å². The molecule has 0 fully saturated rings. The van der Waals surface area contributed by atoms with E-state index in [1.807, 2.05) is 30.5 Å². The van der Waals surface area contributed by atoms with E-state index >= 15 is 0 Å². The van der Waals surface area contributed by atoms with Gasteiger partial charge in [0, 0.05) is 23.6 Å². The van der Waals surface area contributed by atoms with Crippen LogP contribution in [-0.2, 0) is 13.0 Å². The van der Waals surface area contributed by atoms with E-state index < -0.39 is 6.36 Å². The first-order valence-electron chi connectivity index (χ1n) is 9.78. The van der Waals surface area contributed by atoms with E-state index in [0.717, 1.165) is 28.6 Å². The Labute approximate surface area is 180 Å². The number of ether oxygens (including phenoxy) is 2. The van der Waals surface area contributed by atoms with Gasteiger partial charge in [-0.2, -0.15) is 0 Å². The van der Waals surface area contributed by atoms with Gasteiger partial charge in [0.05, 0.1) is 0 Å². The molecular weight excluding hydrogens is 425 g/mol. The molecule has 4 aromatic rings. The predicted molar refractivity (Wildman–Crippen MR) is 111 cm³/mol. The minimum absolute atomic E-state index is 0.0160. The summed E-state index contributed by atoms with van der Waals surface area (Å²) in [6.45, 7) is 0.460. The zero-order valence-corrected chi connectivity index (χ0v) is 16.7. The SMILES string of the molecule is O=C(NCCc1c[nH]c2ccccc12)c1ccc(COc2ccc(OC(F)(F)F)cc2)o1. The summed E-state index contributed by atoms with van der Waals surface area (Å²) in [7, 11) is 0. The van der Waals surface area contributed by atoms with Crippen LogP contribution < -0.4 is 14.8 Å². The second-order valence-corrected chi connectivity index (χ2v) is 6.94. The molecule has 0 aliphatic heterocycles. The van der Waals surface area contributed by atoms with Gasteiger partial charge in [0.25, 0.3) is 5.91 Å². The van der Waals surface area contributed by atoms with Crippen molar-refractivity contribution in [3.63, 3.8) is 0 Å². The number of alkyl halides is 3. The molecule has 2 aromatic carbocycles. The highest BCUT2D eigenvalue weighted by molar-refractivity contribution is 5.91. The molecule has 32 heavy (non-hydrogen) atoms. The molecule has 9 heteroatoms. The number of furan rings is 1. The molecule has 4 rings (SSSR count). The summed E-state index contributed by atoms with van der Waals surface area (Å²) < 4.78 is 51.3. The van der Waals surface area contributed by atoms with Gasteiger partial charge in [-0.25, -0.2) is 0 Å². The smallest absolute Gasteiger partial charge is 0.486 e. The number of aromatic amines is 1. The average molecular weight is 444 g/mol. The monoisotopic (exact) mass is 444 g/mol. The van der Waals surface area contributed by atoms with Gasteiger partial charge in [0.15, 0.2) is 5.76 Å². The Morgan fingerprint density at radius 1 is 1.00 bits per heavy atom. The molecule has 0 saturated heterocycles. The highest BCUT2D eigenvalue weighted by Crippen LogP contribution is 2.25. The van der Waals surface area contributed by atoms with Crippen molar-refractivity contribution in [2.45, 2.75) is 19.4 Å². The van der Waals surface area contributed by atoms with Crippen LogP contribution in [0.2, 0.25) is 0 Å². The molecule has 6 nitrogen and oxygen atoms in total. The number of para-hydroxylation sites is 1.